The Morgan fingerprint density at radius 3 is 2.72 bits per heavy atom. The van der Waals surface area contributed by atoms with Crippen LogP contribution in [0.3, 0.4) is 0 Å². The van der Waals surface area contributed by atoms with Crippen LogP contribution in [0.15, 0.2) is 12.4 Å². The Balaban J connectivity index is 1.85. The van der Waals surface area contributed by atoms with Gasteiger partial charge >= 0.3 is 0 Å². The Morgan fingerprint density at radius 1 is 1.39 bits per heavy atom. The summed E-state index contributed by atoms with van der Waals surface area (Å²) in [6, 6.07) is 0.407. The highest BCUT2D eigenvalue weighted by Gasteiger charge is 2.26. The summed E-state index contributed by atoms with van der Waals surface area (Å²) in [5.74, 6) is 0. The quantitative estimate of drug-likeness (QED) is 0.865. The summed E-state index contributed by atoms with van der Waals surface area (Å²) in [5, 5.41) is 8.04. The summed E-state index contributed by atoms with van der Waals surface area (Å²) in [7, 11) is 0. The van der Waals surface area contributed by atoms with Gasteiger partial charge in [-0.1, -0.05) is 26.2 Å². The largest absolute Gasteiger partial charge is 0.310 e. The smallest absolute Gasteiger partial charge is 0.0537 e. The van der Waals surface area contributed by atoms with Crippen LogP contribution in [0.4, 0.5) is 0 Å². The summed E-state index contributed by atoms with van der Waals surface area (Å²) < 4.78 is 2.00. The van der Waals surface area contributed by atoms with Crippen molar-refractivity contribution < 1.29 is 0 Å². The molecule has 1 aromatic heterocycles. The van der Waals surface area contributed by atoms with E-state index in [4.69, 9.17) is 0 Å². The number of hydrogen-bond donors (Lipinski definition) is 1. The Bertz CT molecular complexity index is 364. The highest BCUT2D eigenvalue weighted by atomic mass is 15.3. The van der Waals surface area contributed by atoms with Gasteiger partial charge in [-0.15, -0.1) is 0 Å². The van der Waals surface area contributed by atoms with Gasteiger partial charge in [-0.25, -0.2) is 0 Å². The first kappa shape index (κ1) is 13.6. The third kappa shape index (κ3) is 3.35. The predicted molar refractivity (Wildman–Crippen MR) is 75.5 cm³/mol. The van der Waals surface area contributed by atoms with Gasteiger partial charge in [0.05, 0.1) is 6.20 Å². The first-order valence-electron chi connectivity index (χ1n) is 7.39. The van der Waals surface area contributed by atoms with E-state index in [1.165, 1.54) is 37.7 Å². The van der Waals surface area contributed by atoms with Crippen LogP contribution in [-0.4, -0.2) is 16.3 Å². The molecule has 1 atom stereocenters. The number of nitrogens with zero attached hydrogens (tertiary/aromatic N) is 2. The van der Waals surface area contributed by atoms with E-state index in [1.54, 1.807) is 0 Å². The normalized spacial score (nSPS) is 20.8. The number of hydrogen-bond acceptors (Lipinski definition) is 2. The van der Waals surface area contributed by atoms with Crippen molar-refractivity contribution >= 4 is 0 Å². The zero-order chi connectivity index (χ0) is 13.0. The van der Waals surface area contributed by atoms with Crippen molar-refractivity contribution in [1.82, 2.24) is 15.1 Å². The molecule has 1 heterocycles. The number of aromatic nitrogens is 2. The number of rotatable bonds is 5. The fourth-order valence-electron chi connectivity index (χ4n) is 2.88. The molecule has 0 spiro atoms. The van der Waals surface area contributed by atoms with Crippen LogP contribution in [-0.2, 0) is 6.54 Å². The van der Waals surface area contributed by atoms with Gasteiger partial charge in [0.2, 0.25) is 0 Å². The Labute approximate surface area is 111 Å². The maximum absolute atomic E-state index is 4.34. The zero-order valence-electron chi connectivity index (χ0n) is 12.1. The molecule has 2 rings (SSSR count). The van der Waals surface area contributed by atoms with E-state index in [1.807, 2.05) is 10.9 Å². The monoisotopic (exact) mass is 249 g/mol. The van der Waals surface area contributed by atoms with Gasteiger partial charge in [0, 0.05) is 30.9 Å². The van der Waals surface area contributed by atoms with Gasteiger partial charge in [0.1, 0.15) is 0 Å². The summed E-state index contributed by atoms with van der Waals surface area (Å²) in [4.78, 5) is 0. The first-order valence-corrected chi connectivity index (χ1v) is 7.39. The molecule has 1 aliphatic carbocycles. The van der Waals surface area contributed by atoms with Crippen LogP contribution >= 0.6 is 0 Å². The first-order chi connectivity index (χ1) is 8.63. The molecule has 0 aromatic carbocycles. The maximum Gasteiger partial charge on any atom is 0.0537 e. The average molecular weight is 249 g/mol. The van der Waals surface area contributed by atoms with Gasteiger partial charge in [0.15, 0.2) is 0 Å². The van der Waals surface area contributed by atoms with Crippen LogP contribution in [0.5, 0.6) is 0 Å². The van der Waals surface area contributed by atoms with Crippen LogP contribution in [0, 0.1) is 5.41 Å². The van der Waals surface area contributed by atoms with Gasteiger partial charge in [0.25, 0.3) is 0 Å². The van der Waals surface area contributed by atoms with Crippen LogP contribution in [0.2, 0.25) is 0 Å². The van der Waals surface area contributed by atoms with Gasteiger partial charge in [-0.2, -0.15) is 5.10 Å². The molecule has 1 unspecified atom stereocenters. The average Bonchev–Trinajstić information content (AvgIpc) is 2.86. The van der Waals surface area contributed by atoms with E-state index in [9.17, 15) is 0 Å². The Morgan fingerprint density at radius 2 is 2.11 bits per heavy atom. The Kier molecular flexibility index (Phi) is 4.44. The van der Waals surface area contributed by atoms with Crippen molar-refractivity contribution in [3.05, 3.63) is 18.0 Å². The molecule has 1 saturated carbocycles. The van der Waals surface area contributed by atoms with Crippen molar-refractivity contribution in [1.29, 1.82) is 0 Å². The molecule has 0 radical (unpaired) electrons. The molecular weight excluding hydrogens is 222 g/mol. The van der Waals surface area contributed by atoms with Crippen molar-refractivity contribution in [3.63, 3.8) is 0 Å². The highest BCUT2D eigenvalue weighted by molar-refractivity contribution is 5.09. The molecule has 0 saturated heterocycles. The fraction of sp³-hybridized carbons (Fsp3) is 0.800. The Hall–Kier alpha value is -0.830. The molecule has 0 bridgehead atoms. The second-order valence-electron chi connectivity index (χ2n) is 6.10. The van der Waals surface area contributed by atoms with Crippen molar-refractivity contribution in [2.24, 2.45) is 5.41 Å². The predicted octanol–water partition coefficient (Wildman–Crippen LogP) is 3.52. The van der Waals surface area contributed by atoms with Crippen molar-refractivity contribution in [2.45, 2.75) is 65.5 Å². The topological polar surface area (TPSA) is 29.9 Å². The second-order valence-corrected chi connectivity index (χ2v) is 6.10. The lowest BCUT2D eigenvalue weighted by Crippen LogP contribution is -2.34. The minimum atomic E-state index is 0.407. The summed E-state index contributed by atoms with van der Waals surface area (Å²) in [5.41, 5.74) is 1.81. The van der Waals surface area contributed by atoms with Crippen LogP contribution in [0.1, 0.15) is 64.5 Å². The molecular formula is C15H27N3. The summed E-state index contributed by atoms with van der Waals surface area (Å²) >= 11 is 0. The van der Waals surface area contributed by atoms with Crippen LogP contribution in [0.25, 0.3) is 0 Å². The molecule has 1 fully saturated rings. The van der Waals surface area contributed by atoms with E-state index in [0.29, 0.717) is 11.5 Å². The molecule has 3 nitrogen and oxygen atoms in total. The van der Waals surface area contributed by atoms with E-state index < -0.39 is 0 Å². The third-order valence-electron chi connectivity index (χ3n) is 4.37. The molecule has 102 valence electrons. The zero-order valence-corrected chi connectivity index (χ0v) is 12.1. The maximum atomic E-state index is 4.34. The minimum Gasteiger partial charge on any atom is -0.310 e. The molecule has 1 aliphatic rings. The van der Waals surface area contributed by atoms with Crippen LogP contribution < -0.4 is 5.32 Å². The lowest BCUT2D eigenvalue weighted by Gasteiger charge is -2.34. The van der Waals surface area contributed by atoms with Crippen molar-refractivity contribution in [2.75, 3.05) is 6.54 Å². The van der Waals surface area contributed by atoms with E-state index in [-0.39, 0.29) is 0 Å². The summed E-state index contributed by atoms with van der Waals surface area (Å²) in [6.07, 6.45) is 11.1. The van der Waals surface area contributed by atoms with Crippen molar-refractivity contribution in [3.8, 4) is 0 Å². The fourth-order valence-corrected chi connectivity index (χ4v) is 2.88. The van der Waals surface area contributed by atoms with Gasteiger partial charge in [-0.05, 0) is 32.1 Å². The molecule has 1 aromatic rings. The van der Waals surface area contributed by atoms with E-state index in [0.717, 1.165) is 13.1 Å². The molecule has 0 aliphatic heterocycles. The number of aryl methyl sites for hydroxylation is 1. The van der Waals surface area contributed by atoms with E-state index >= 15 is 0 Å². The van der Waals surface area contributed by atoms with Gasteiger partial charge < -0.3 is 5.32 Å². The van der Waals surface area contributed by atoms with Gasteiger partial charge in [-0.3, -0.25) is 4.68 Å². The number of nitrogens with one attached hydrogen (secondary N) is 1. The third-order valence-corrected chi connectivity index (χ3v) is 4.37. The second kappa shape index (κ2) is 5.87. The SMILES string of the molecule is CCn1cc(C(C)NCC2(C)CCCCC2)cn1. The minimum absolute atomic E-state index is 0.407. The highest BCUT2D eigenvalue weighted by Crippen LogP contribution is 2.35. The molecule has 3 heteroatoms. The summed E-state index contributed by atoms with van der Waals surface area (Å²) in [6.45, 7) is 8.87. The lowest BCUT2D eigenvalue weighted by atomic mass is 9.75. The molecule has 1 N–H and O–H groups in total. The molecule has 0 amide bonds. The lowest BCUT2D eigenvalue weighted by molar-refractivity contribution is 0.202. The standard InChI is InChI=1S/C15H27N3/c1-4-18-11-14(10-17-18)13(2)16-12-15(3)8-6-5-7-9-15/h10-11,13,16H,4-9,12H2,1-3H3. The van der Waals surface area contributed by atoms with E-state index in [2.05, 4.69) is 37.4 Å². The molecule has 18 heavy (non-hydrogen) atoms.